The van der Waals surface area contributed by atoms with E-state index in [-0.39, 0.29) is 24.2 Å². The number of amides is 2. The Labute approximate surface area is 173 Å². The number of nitrogens with one attached hydrogen (secondary N) is 1. The van der Waals surface area contributed by atoms with E-state index in [4.69, 9.17) is 0 Å². The molecule has 0 aliphatic rings. The third kappa shape index (κ3) is 7.33. The van der Waals surface area contributed by atoms with Crippen LogP contribution in [0, 0.1) is 11.7 Å². The molecule has 0 aliphatic heterocycles. The molecule has 156 valence electrons. The molecule has 0 unspecified atom stereocenters. The highest BCUT2D eigenvalue weighted by Crippen LogP contribution is 2.16. The molecule has 0 saturated carbocycles. The maximum Gasteiger partial charge on any atom is 0.243 e. The van der Waals surface area contributed by atoms with E-state index in [0.717, 1.165) is 17.5 Å². The highest BCUT2D eigenvalue weighted by molar-refractivity contribution is 5.87. The SMILES string of the molecule is CCC(=O)N(Cc1ccc(F)cc1)[C@H](Cc1ccccc1)C(=O)NCCC(C)C. The molecule has 1 atom stereocenters. The summed E-state index contributed by atoms with van der Waals surface area (Å²) in [7, 11) is 0. The van der Waals surface area contributed by atoms with E-state index in [9.17, 15) is 14.0 Å². The van der Waals surface area contributed by atoms with Crippen LogP contribution in [0.3, 0.4) is 0 Å². The fourth-order valence-electron chi connectivity index (χ4n) is 3.15. The first-order valence-corrected chi connectivity index (χ1v) is 10.3. The first-order chi connectivity index (χ1) is 13.9. The Morgan fingerprint density at radius 2 is 1.66 bits per heavy atom. The van der Waals surface area contributed by atoms with Crippen LogP contribution in [0.1, 0.15) is 44.7 Å². The van der Waals surface area contributed by atoms with Crippen LogP contribution < -0.4 is 5.32 Å². The monoisotopic (exact) mass is 398 g/mol. The summed E-state index contributed by atoms with van der Waals surface area (Å²) < 4.78 is 13.3. The van der Waals surface area contributed by atoms with E-state index < -0.39 is 6.04 Å². The van der Waals surface area contributed by atoms with Crippen molar-refractivity contribution in [1.29, 1.82) is 0 Å². The van der Waals surface area contributed by atoms with E-state index in [1.807, 2.05) is 30.3 Å². The molecule has 0 spiro atoms. The molecule has 4 nitrogen and oxygen atoms in total. The number of carbonyl (C=O) groups is 2. The van der Waals surface area contributed by atoms with E-state index in [0.29, 0.717) is 25.3 Å². The lowest BCUT2D eigenvalue weighted by Crippen LogP contribution is -2.50. The second-order valence-corrected chi connectivity index (χ2v) is 7.68. The maximum atomic E-state index is 13.3. The summed E-state index contributed by atoms with van der Waals surface area (Å²) in [5, 5.41) is 3.00. The summed E-state index contributed by atoms with van der Waals surface area (Å²) >= 11 is 0. The summed E-state index contributed by atoms with van der Waals surface area (Å²) in [6, 6.07) is 15.1. The minimum absolute atomic E-state index is 0.103. The molecule has 0 radical (unpaired) electrons. The van der Waals surface area contributed by atoms with Gasteiger partial charge >= 0.3 is 0 Å². The standard InChI is InChI=1S/C24H31FN2O2/c1-4-23(28)27(17-20-10-12-21(25)13-11-20)22(16-19-8-6-5-7-9-19)24(29)26-15-14-18(2)3/h5-13,18,22H,4,14-17H2,1-3H3,(H,26,29)/t22-/m1/s1. The highest BCUT2D eigenvalue weighted by atomic mass is 19.1. The number of nitrogens with zero attached hydrogens (tertiary/aromatic N) is 1. The zero-order chi connectivity index (χ0) is 21.2. The average Bonchev–Trinajstić information content (AvgIpc) is 2.71. The van der Waals surface area contributed by atoms with Gasteiger partial charge in [-0.2, -0.15) is 0 Å². The second-order valence-electron chi connectivity index (χ2n) is 7.68. The van der Waals surface area contributed by atoms with Gasteiger partial charge in [-0.3, -0.25) is 9.59 Å². The fraction of sp³-hybridized carbons (Fsp3) is 0.417. The Morgan fingerprint density at radius 1 is 1.00 bits per heavy atom. The van der Waals surface area contributed by atoms with E-state index in [1.165, 1.54) is 12.1 Å². The Morgan fingerprint density at radius 3 is 2.24 bits per heavy atom. The van der Waals surface area contributed by atoms with Crippen molar-refractivity contribution in [2.75, 3.05) is 6.54 Å². The lowest BCUT2D eigenvalue weighted by Gasteiger charge is -2.31. The molecule has 2 aromatic rings. The first kappa shape index (κ1) is 22.6. The molecule has 29 heavy (non-hydrogen) atoms. The third-order valence-electron chi connectivity index (χ3n) is 4.86. The molecule has 0 bridgehead atoms. The van der Waals surface area contributed by atoms with Gasteiger partial charge in [0.05, 0.1) is 0 Å². The highest BCUT2D eigenvalue weighted by Gasteiger charge is 2.29. The van der Waals surface area contributed by atoms with E-state index in [2.05, 4.69) is 19.2 Å². The Balaban J connectivity index is 2.27. The number of hydrogen-bond donors (Lipinski definition) is 1. The molecular weight excluding hydrogens is 367 g/mol. The van der Waals surface area contributed by atoms with Crippen LogP contribution in [0.2, 0.25) is 0 Å². The van der Waals surface area contributed by atoms with Crippen LogP contribution in [-0.4, -0.2) is 29.3 Å². The summed E-state index contributed by atoms with van der Waals surface area (Å²) in [6.45, 7) is 6.84. The number of halogens is 1. The summed E-state index contributed by atoms with van der Waals surface area (Å²) in [6.07, 6.45) is 1.61. The van der Waals surface area contributed by atoms with Gasteiger partial charge < -0.3 is 10.2 Å². The van der Waals surface area contributed by atoms with Crippen molar-refractivity contribution in [2.45, 2.75) is 52.6 Å². The fourth-order valence-corrected chi connectivity index (χ4v) is 3.15. The second kappa shape index (κ2) is 11.3. The van der Waals surface area contributed by atoms with Gasteiger partial charge in [0.25, 0.3) is 0 Å². The third-order valence-corrected chi connectivity index (χ3v) is 4.86. The molecule has 2 amide bonds. The molecule has 0 saturated heterocycles. The Kier molecular flexibility index (Phi) is 8.84. The number of rotatable bonds is 10. The van der Waals surface area contributed by atoms with Gasteiger partial charge in [-0.25, -0.2) is 4.39 Å². The quantitative estimate of drug-likeness (QED) is 0.647. The predicted molar refractivity (Wildman–Crippen MR) is 114 cm³/mol. The Bertz CT molecular complexity index is 775. The van der Waals surface area contributed by atoms with Crippen molar-refractivity contribution in [2.24, 2.45) is 5.92 Å². The smallest absolute Gasteiger partial charge is 0.243 e. The van der Waals surface area contributed by atoms with Crippen LogP contribution in [0.4, 0.5) is 4.39 Å². The molecular formula is C24H31FN2O2. The first-order valence-electron chi connectivity index (χ1n) is 10.3. The average molecular weight is 399 g/mol. The summed E-state index contributed by atoms with van der Waals surface area (Å²) in [4.78, 5) is 27.5. The lowest BCUT2D eigenvalue weighted by atomic mass is 10.0. The largest absolute Gasteiger partial charge is 0.354 e. The topological polar surface area (TPSA) is 49.4 Å². The van der Waals surface area contributed by atoms with Crippen LogP contribution in [0.15, 0.2) is 54.6 Å². The van der Waals surface area contributed by atoms with Crippen LogP contribution >= 0.6 is 0 Å². The molecule has 5 heteroatoms. The van der Waals surface area contributed by atoms with Gasteiger partial charge in [-0.1, -0.05) is 63.2 Å². The molecule has 0 fully saturated rings. The van der Waals surface area contributed by atoms with Gasteiger partial charge in [-0.05, 0) is 35.6 Å². The molecule has 1 N–H and O–H groups in total. The normalized spacial score (nSPS) is 11.9. The van der Waals surface area contributed by atoms with Crippen molar-refractivity contribution < 1.29 is 14.0 Å². The van der Waals surface area contributed by atoms with Gasteiger partial charge in [-0.15, -0.1) is 0 Å². The zero-order valence-electron chi connectivity index (χ0n) is 17.5. The minimum Gasteiger partial charge on any atom is -0.354 e. The van der Waals surface area contributed by atoms with Crippen LogP contribution in [-0.2, 0) is 22.6 Å². The number of hydrogen-bond acceptors (Lipinski definition) is 2. The summed E-state index contributed by atoms with van der Waals surface area (Å²) in [5.74, 6) is -0.0995. The number of carbonyl (C=O) groups excluding carboxylic acids is 2. The van der Waals surface area contributed by atoms with Crippen LogP contribution in [0.25, 0.3) is 0 Å². The maximum absolute atomic E-state index is 13.3. The molecule has 2 aromatic carbocycles. The van der Waals surface area contributed by atoms with Gasteiger partial charge in [0.1, 0.15) is 11.9 Å². The Hall–Kier alpha value is -2.69. The van der Waals surface area contributed by atoms with Crippen LogP contribution in [0.5, 0.6) is 0 Å². The lowest BCUT2D eigenvalue weighted by molar-refractivity contribution is -0.141. The van der Waals surface area contributed by atoms with Crippen molar-refractivity contribution in [1.82, 2.24) is 10.2 Å². The summed E-state index contributed by atoms with van der Waals surface area (Å²) in [5.41, 5.74) is 1.78. The minimum atomic E-state index is -0.623. The van der Waals surface area contributed by atoms with E-state index >= 15 is 0 Å². The van der Waals surface area contributed by atoms with Crippen molar-refractivity contribution in [3.8, 4) is 0 Å². The molecule has 0 aliphatic carbocycles. The molecule has 2 rings (SSSR count). The van der Waals surface area contributed by atoms with Gasteiger partial charge in [0, 0.05) is 25.9 Å². The van der Waals surface area contributed by atoms with Crippen molar-refractivity contribution in [3.63, 3.8) is 0 Å². The number of benzene rings is 2. The zero-order valence-corrected chi connectivity index (χ0v) is 17.5. The van der Waals surface area contributed by atoms with Gasteiger partial charge in [0.2, 0.25) is 11.8 Å². The molecule has 0 heterocycles. The molecule has 0 aromatic heterocycles. The van der Waals surface area contributed by atoms with Gasteiger partial charge in [0.15, 0.2) is 0 Å². The van der Waals surface area contributed by atoms with Crippen molar-refractivity contribution >= 4 is 11.8 Å². The predicted octanol–water partition coefficient (Wildman–Crippen LogP) is 4.34. The van der Waals surface area contributed by atoms with Crippen molar-refractivity contribution in [3.05, 3.63) is 71.5 Å². The van der Waals surface area contributed by atoms with E-state index in [1.54, 1.807) is 24.0 Å².